The first kappa shape index (κ1) is 21.0. The van der Waals surface area contributed by atoms with Crippen LogP contribution in [0.4, 0.5) is 0 Å². The number of hydrogen-bond donors (Lipinski definition) is 1. The summed E-state index contributed by atoms with van der Waals surface area (Å²) in [6.07, 6.45) is 1.39. The maximum Gasteiger partial charge on any atom is 0.308 e. The van der Waals surface area contributed by atoms with Crippen LogP contribution in [-0.2, 0) is 9.59 Å². The van der Waals surface area contributed by atoms with Gasteiger partial charge in [-0.2, -0.15) is 5.10 Å². The molecule has 0 heterocycles. The van der Waals surface area contributed by atoms with Crippen LogP contribution in [0, 0.1) is 0 Å². The van der Waals surface area contributed by atoms with E-state index in [9.17, 15) is 9.59 Å². The van der Waals surface area contributed by atoms with Gasteiger partial charge < -0.3 is 18.9 Å². The molecular weight excluding hydrogens is 388 g/mol. The third kappa shape index (κ3) is 6.17. The van der Waals surface area contributed by atoms with E-state index >= 15 is 0 Å². The van der Waals surface area contributed by atoms with Crippen molar-refractivity contribution in [3.63, 3.8) is 0 Å². The predicted octanol–water partition coefficient (Wildman–Crippen LogP) is 2.81. The van der Waals surface area contributed by atoms with Gasteiger partial charge in [-0.15, -0.1) is 0 Å². The van der Waals surface area contributed by atoms with E-state index in [1.807, 2.05) is 0 Å². The third-order valence-corrected chi connectivity index (χ3v) is 3.57. The minimum absolute atomic E-state index is 0.162. The lowest BCUT2D eigenvalue weighted by Crippen LogP contribution is -2.24. The Morgan fingerprint density at radius 3 is 2.25 bits per heavy atom. The monoisotopic (exact) mass is 406 g/mol. The van der Waals surface area contributed by atoms with Crippen molar-refractivity contribution in [1.29, 1.82) is 0 Å². The van der Waals surface area contributed by atoms with Gasteiger partial charge in [0.05, 0.1) is 20.4 Å². The van der Waals surface area contributed by atoms with Crippen molar-refractivity contribution in [2.24, 2.45) is 5.10 Å². The van der Waals surface area contributed by atoms with Crippen molar-refractivity contribution in [2.75, 3.05) is 20.8 Å². The number of carbonyl (C=O) groups excluding carboxylic acids is 2. The van der Waals surface area contributed by atoms with Gasteiger partial charge in [0, 0.05) is 17.5 Å². The molecule has 0 bridgehead atoms. The van der Waals surface area contributed by atoms with Gasteiger partial charge in [-0.3, -0.25) is 9.59 Å². The molecule has 0 aliphatic carbocycles. The number of nitrogens with one attached hydrogen (secondary N) is 1. The molecule has 1 amide bonds. The van der Waals surface area contributed by atoms with E-state index in [2.05, 4.69) is 10.5 Å². The molecule has 8 nitrogen and oxygen atoms in total. The molecule has 0 aliphatic rings. The number of nitrogens with zero attached hydrogens (tertiary/aromatic N) is 1. The van der Waals surface area contributed by atoms with Gasteiger partial charge in [0.15, 0.2) is 18.1 Å². The second-order valence-corrected chi connectivity index (χ2v) is 5.82. The first-order valence-electron chi connectivity index (χ1n) is 8.07. The normalized spacial score (nSPS) is 10.4. The van der Waals surface area contributed by atoms with Crippen molar-refractivity contribution >= 4 is 29.7 Å². The molecule has 148 valence electrons. The van der Waals surface area contributed by atoms with E-state index in [1.165, 1.54) is 27.4 Å². The Kier molecular flexibility index (Phi) is 7.65. The summed E-state index contributed by atoms with van der Waals surface area (Å²) in [5.41, 5.74) is 2.91. The van der Waals surface area contributed by atoms with Crippen LogP contribution < -0.4 is 24.4 Å². The van der Waals surface area contributed by atoms with E-state index < -0.39 is 11.9 Å². The molecule has 1 N–H and O–H groups in total. The number of benzene rings is 2. The van der Waals surface area contributed by atoms with Gasteiger partial charge in [-0.05, 0) is 36.4 Å². The molecule has 0 saturated carbocycles. The summed E-state index contributed by atoms with van der Waals surface area (Å²) in [6.45, 7) is 1.06. The topological polar surface area (TPSA) is 95.5 Å². The Morgan fingerprint density at radius 1 is 1.11 bits per heavy atom. The summed E-state index contributed by atoms with van der Waals surface area (Å²) >= 11 is 5.78. The molecule has 28 heavy (non-hydrogen) atoms. The van der Waals surface area contributed by atoms with E-state index in [0.717, 1.165) is 0 Å². The molecule has 0 aromatic heterocycles. The standard InChI is InChI=1S/C19H19ClN2O6/c1-12(23)28-19-16(25-2)8-13(9-17(19)26-3)10-21-22-18(24)11-27-15-6-4-14(20)5-7-15/h4-10H,11H2,1-3H3,(H,22,24)/b21-10+. The number of amides is 1. The molecule has 0 unspecified atom stereocenters. The Balaban J connectivity index is 1.99. The zero-order valence-electron chi connectivity index (χ0n) is 15.5. The fourth-order valence-corrected chi connectivity index (χ4v) is 2.24. The summed E-state index contributed by atoms with van der Waals surface area (Å²) in [6, 6.07) is 9.80. The van der Waals surface area contributed by atoms with Crippen LogP contribution in [0.5, 0.6) is 23.0 Å². The molecule has 0 atom stereocenters. The van der Waals surface area contributed by atoms with Crippen LogP contribution in [-0.4, -0.2) is 38.9 Å². The van der Waals surface area contributed by atoms with Crippen molar-refractivity contribution in [3.05, 3.63) is 47.0 Å². The van der Waals surface area contributed by atoms with Crippen molar-refractivity contribution in [1.82, 2.24) is 5.43 Å². The van der Waals surface area contributed by atoms with E-state index in [0.29, 0.717) is 16.3 Å². The number of rotatable bonds is 8. The van der Waals surface area contributed by atoms with Gasteiger partial charge in [0.25, 0.3) is 5.91 Å². The van der Waals surface area contributed by atoms with Crippen LogP contribution in [0.1, 0.15) is 12.5 Å². The Morgan fingerprint density at radius 2 is 1.71 bits per heavy atom. The molecule has 9 heteroatoms. The second kappa shape index (κ2) is 10.2. The van der Waals surface area contributed by atoms with Crippen LogP contribution in [0.25, 0.3) is 0 Å². The average molecular weight is 407 g/mol. The predicted molar refractivity (Wildman–Crippen MR) is 104 cm³/mol. The van der Waals surface area contributed by atoms with Crippen LogP contribution in [0.15, 0.2) is 41.5 Å². The lowest BCUT2D eigenvalue weighted by Gasteiger charge is -2.13. The number of ether oxygens (including phenoxy) is 4. The highest BCUT2D eigenvalue weighted by Crippen LogP contribution is 2.38. The summed E-state index contributed by atoms with van der Waals surface area (Å²) in [5.74, 6) is 0.295. The van der Waals surface area contributed by atoms with Gasteiger partial charge in [0.1, 0.15) is 5.75 Å². The largest absolute Gasteiger partial charge is 0.493 e. The van der Waals surface area contributed by atoms with Gasteiger partial charge in [-0.1, -0.05) is 11.6 Å². The number of halogens is 1. The highest BCUT2D eigenvalue weighted by Gasteiger charge is 2.15. The lowest BCUT2D eigenvalue weighted by atomic mass is 10.2. The first-order valence-corrected chi connectivity index (χ1v) is 8.45. The molecule has 0 radical (unpaired) electrons. The number of esters is 1. The molecule has 0 aliphatic heterocycles. The quantitative estimate of drug-likeness (QED) is 0.313. The molecule has 0 saturated heterocycles. The zero-order valence-corrected chi connectivity index (χ0v) is 16.3. The molecule has 0 spiro atoms. The minimum Gasteiger partial charge on any atom is -0.493 e. The number of carbonyl (C=O) groups is 2. The smallest absolute Gasteiger partial charge is 0.308 e. The molecule has 2 aromatic carbocycles. The highest BCUT2D eigenvalue weighted by atomic mass is 35.5. The molecule has 2 aromatic rings. The van der Waals surface area contributed by atoms with Crippen LogP contribution in [0.3, 0.4) is 0 Å². The fourth-order valence-electron chi connectivity index (χ4n) is 2.11. The summed E-state index contributed by atoms with van der Waals surface area (Å²) < 4.78 is 20.9. The van der Waals surface area contributed by atoms with Crippen LogP contribution in [0.2, 0.25) is 5.02 Å². The number of hydrazone groups is 1. The second-order valence-electron chi connectivity index (χ2n) is 5.38. The maximum atomic E-state index is 11.8. The van der Waals surface area contributed by atoms with Crippen molar-refractivity contribution in [2.45, 2.75) is 6.92 Å². The summed E-state index contributed by atoms with van der Waals surface area (Å²) in [7, 11) is 2.86. The van der Waals surface area contributed by atoms with Crippen molar-refractivity contribution < 1.29 is 28.5 Å². The van der Waals surface area contributed by atoms with E-state index in [-0.39, 0.29) is 23.9 Å². The number of methoxy groups -OCH3 is 2. The Labute approximate surface area is 167 Å². The zero-order chi connectivity index (χ0) is 20.5. The van der Waals surface area contributed by atoms with E-state index in [1.54, 1.807) is 36.4 Å². The summed E-state index contributed by atoms with van der Waals surface area (Å²) in [5, 5.41) is 4.44. The number of hydrogen-bond acceptors (Lipinski definition) is 7. The highest BCUT2D eigenvalue weighted by molar-refractivity contribution is 6.30. The molecular formula is C19H19ClN2O6. The van der Waals surface area contributed by atoms with Gasteiger partial charge in [-0.25, -0.2) is 5.43 Å². The first-order chi connectivity index (χ1) is 13.4. The maximum absolute atomic E-state index is 11.8. The molecule has 0 fully saturated rings. The molecule has 2 rings (SSSR count). The SMILES string of the molecule is COc1cc(/C=N/NC(=O)COc2ccc(Cl)cc2)cc(OC)c1OC(C)=O. The minimum atomic E-state index is -0.508. The van der Waals surface area contributed by atoms with Gasteiger partial charge in [0.2, 0.25) is 5.75 Å². The Bertz CT molecular complexity index is 842. The van der Waals surface area contributed by atoms with Crippen molar-refractivity contribution in [3.8, 4) is 23.0 Å². The third-order valence-electron chi connectivity index (χ3n) is 3.32. The van der Waals surface area contributed by atoms with Gasteiger partial charge >= 0.3 is 5.97 Å². The van der Waals surface area contributed by atoms with E-state index in [4.69, 9.17) is 30.5 Å². The fraction of sp³-hybridized carbons (Fsp3) is 0.211. The Hall–Kier alpha value is -3.26. The summed E-state index contributed by atoms with van der Waals surface area (Å²) in [4.78, 5) is 23.0. The lowest BCUT2D eigenvalue weighted by molar-refractivity contribution is -0.132. The van der Waals surface area contributed by atoms with Crippen LogP contribution >= 0.6 is 11.6 Å². The average Bonchev–Trinajstić information content (AvgIpc) is 2.67.